The zero-order valence-electron chi connectivity index (χ0n) is 12.1. The normalized spacial score (nSPS) is 11.2. The lowest BCUT2D eigenvalue weighted by atomic mass is 10.1. The van der Waals surface area contributed by atoms with Gasteiger partial charge in [0.1, 0.15) is 5.75 Å². The van der Waals surface area contributed by atoms with Gasteiger partial charge in [0.05, 0.1) is 24.2 Å². The van der Waals surface area contributed by atoms with Gasteiger partial charge < -0.3 is 10.1 Å². The molecule has 0 aliphatic carbocycles. The molecule has 0 heterocycles. The first-order valence-corrected chi connectivity index (χ1v) is 7.10. The summed E-state index contributed by atoms with van der Waals surface area (Å²) in [6, 6.07) is 9.32. The summed E-state index contributed by atoms with van der Waals surface area (Å²) < 4.78 is 43.4. The molecule has 0 aromatic heterocycles. The standard InChI is InChI=1S/C16H13ClF3NO2/c1-23-12-5-6-13(15(22)9-17)14(8-12)21-11-4-2-3-10(7-11)16(18,19)20/h2-8,21H,9H2,1H3. The molecule has 2 aromatic rings. The average molecular weight is 344 g/mol. The molecule has 0 bridgehead atoms. The predicted octanol–water partition coefficient (Wildman–Crippen LogP) is 4.88. The van der Waals surface area contributed by atoms with Crippen LogP contribution in [-0.2, 0) is 6.18 Å². The highest BCUT2D eigenvalue weighted by atomic mass is 35.5. The number of alkyl halides is 4. The second kappa shape index (κ2) is 6.91. The maximum Gasteiger partial charge on any atom is 0.416 e. The Labute approximate surface area is 136 Å². The van der Waals surface area contributed by atoms with Gasteiger partial charge in [0, 0.05) is 17.3 Å². The quantitative estimate of drug-likeness (QED) is 0.621. The fourth-order valence-corrected chi connectivity index (χ4v) is 2.14. The van der Waals surface area contributed by atoms with Gasteiger partial charge in [0.15, 0.2) is 5.78 Å². The third kappa shape index (κ3) is 4.16. The molecule has 0 saturated carbocycles. The molecule has 0 saturated heterocycles. The van der Waals surface area contributed by atoms with Crippen LogP contribution < -0.4 is 10.1 Å². The lowest BCUT2D eigenvalue weighted by molar-refractivity contribution is -0.137. The SMILES string of the molecule is COc1ccc(C(=O)CCl)c(Nc2cccc(C(F)(F)F)c2)c1. The minimum atomic E-state index is -4.44. The molecule has 0 amide bonds. The van der Waals surface area contributed by atoms with Crippen LogP contribution in [0.5, 0.6) is 5.75 Å². The van der Waals surface area contributed by atoms with Crippen LogP contribution in [-0.4, -0.2) is 18.8 Å². The number of benzene rings is 2. The van der Waals surface area contributed by atoms with E-state index in [2.05, 4.69) is 5.32 Å². The van der Waals surface area contributed by atoms with E-state index in [-0.39, 0.29) is 22.9 Å². The van der Waals surface area contributed by atoms with Gasteiger partial charge in [0.2, 0.25) is 0 Å². The zero-order chi connectivity index (χ0) is 17.0. The monoisotopic (exact) mass is 343 g/mol. The highest BCUT2D eigenvalue weighted by Gasteiger charge is 2.30. The van der Waals surface area contributed by atoms with E-state index in [0.717, 1.165) is 12.1 Å². The number of anilines is 2. The number of Topliss-reactive ketones (excluding diaryl/α,β-unsaturated/α-hetero) is 1. The number of hydrogen-bond acceptors (Lipinski definition) is 3. The van der Waals surface area contributed by atoms with Gasteiger partial charge in [-0.2, -0.15) is 13.2 Å². The van der Waals surface area contributed by atoms with Crippen molar-refractivity contribution in [2.24, 2.45) is 0 Å². The number of ether oxygens (including phenoxy) is 1. The highest BCUT2D eigenvalue weighted by molar-refractivity contribution is 6.31. The van der Waals surface area contributed by atoms with Crippen molar-refractivity contribution in [3.8, 4) is 5.75 Å². The molecule has 0 aliphatic heterocycles. The zero-order valence-corrected chi connectivity index (χ0v) is 12.8. The van der Waals surface area contributed by atoms with Crippen LogP contribution in [0.4, 0.5) is 24.5 Å². The maximum atomic E-state index is 12.8. The topological polar surface area (TPSA) is 38.3 Å². The van der Waals surface area contributed by atoms with Gasteiger partial charge in [-0.3, -0.25) is 4.79 Å². The van der Waals surface area contributed by atoms with E-state index in [0.29, 0.717) is 11.4 Å². The Morgan fingerprint density at radius 3 is 2.57 bits per heavy atom. The molecule has 2 rings (SSSR count). The fourth-order valence-electron chi connectivity index (χ4n) is 2.00. The predicted molar refractivity (Wildman–Crippen MR) is 82.8 cm³/mol. The smallest absolute Gasteiger partial charge is 0.416 e. The van der Waals surface area contributed by atoms with E-state index >= 15 is 0 Å². The Kier molecular flexibility index (Phi) is 5.15. The summed E-state index contributed by atoms with van der Waals surface area (Å²) in [5, 5.41) is 2.82. The molecule has 0 fully saturated rings. The Balaban J connectivity index is 2.41. The summed E-state index contributed by atoms with van der Waals surface area (Å²) in [6.07, 6.45) is -4.44. The molecule has 0 aliphatic rings. The third-order valence-electron chi connectivity index (χ3n) is 3.12. The highest BCUT2D eigenvalue weighted by Crippen LogP contribution is 2.32. The molecule has 7 heteroatoms. The minimum Gasteiger partial charge on any atom is -0.497 e. The van der Waals surface area contributed by atoms with Gasteiger partial charge in [0.25, 0.3) is 0 Å². The molecule has 0 spiro atoms. The van der Waals surface area contributed by atoms with E-state index in [9.17, 15) is 18.0 Å². The first kappa shape index (κ1) is 17.1. The van der Waals surface area contributed by atoms with E-state index < -0.39 is 11.7 Å². The summed E-state index contributed by atoms with van der Waals surface area (Å²) >= 11 is 5.56. The van der Waals surface area contributed by atoms with Crippen molar-refractivity contribution in [1.29, 1.82) is 0 Å². The van der Waals surface area contributed by atoms with Crippen molar-refractivity contribution in [3.05, 3.63) is 53.6 Å². The number of nitrogens with one attached hydrogen (secondary N) is 1. The van der Waals surface area contributed by atoms with Crippen molar-refractivity contribution in [3.63, 3.8) is 0 Å². The molecule has 3 nitrogen and oxygen atoms in total. The van der Waals surface area contributed by atoms with Crippen molar-refractivity contribution in [2.45, 2.75) is 6.18 Å². The number of carbonyl (C=O) groups is 1. The maximum absolute atomic E-state index is 12.8. The molecule has 23 heavy (non-hydrogen) atoms. The number of rotatable bonds is 5. The van der Waals surface area contributed by atoms with Crippen LogP contribution in [0.2, 0.25) is 0 Å². The van der Waals surface area contributed by atoms with E-state index in [4.69, 9.17) is 16.3 Å². The number of hydrogen-bond donors (Lipinski definition) is 1. The fraction of sp³-hybridized carbons (Fsp3) is 0.188. The summed E-state index contributed by atoms with van der Waals surface area (Å²) in [4.78, 5) is 11.9. The molecule has 2 aromatic carbocycles. The molecule has 122 valence electrons. The lowest BCUT2D eigenvalue weighted by Gasteiger charge is -2.14. The summed E-state index contributed by atoms with van der Waals surface area (Å²) in [7, 11) is 1.45. The Bertz CT molecular complexity index is 717. The van der Waals surface area contributed by atoms with Crippen molar-refractivity contribution < 1.29 is 22.7 Å². The van der Waals surface area contributed by atoms with Crippen molar-refractivity contribution in [1.82, 2.24) is 0 Å². The minimum absolute atomic E-state index is 0.205. The molecule has 0 unspecified atom stereocenters. The lowest BCUT2D eigenvalue weighted by Crippen LogP contribution is -2.07. The summed E-state index contributed by atoms with van der Waals surface area (Å²) in [5.41, 5.74) is 0.0276. The number of halogens is 4. The van der Waals surface area contributed by atoms with Crippen LogP contribution in [0, 0.1) is 0 Å². The Morgan fingerprint density at radius 1 is 1.22 bits per heavy atom. The summed E-state index contributed by atoms with van der Waals surface area (Å²) in [6.45, 7) is 0. The molecule has 0 radical (unpaired) electrons. The van der Waals surface area contributed by atoms with Gasteiger partial charge in [-0.15, -0.1) is 11.6 Å². The van der Waals surface area contributed by atoms with Gasteiger partial charge in [-0.25, -0.2) is 0 Å². The second-order valence-electron chi connectivity index (χ2n) is 4.67. The number of ketones is 1. The first-order valence-electron chi connectivity index (χ1n) is 6.56. The number of methoxy groups -OCH3 is 1. The Hall–Kier alpha value is -2.21. The second-order valence-corrected chi connectivity index (χ2v) is 4.94. The van der Waals surface area contributed by atoms with Gasteiger partial charge in [-0.1, -0.05) is 6.07 Å². The van der Waals surface area contributed by atoms with Crippen molar-refractivity contribution >= 4 is 28.8 Å². The van der Waals surface area contributed by atoms with Gasteiger partial charge in [-0.05, 0) is 30.3 Å². The van der Waals surface area contributed by atoms with E-state index in [1.165, 1.54) is 31.4 Å². The molecule has 1 N–H and O–H groups in total. The van der Waals surface area contributed by atoms with Crippen LogP contribution in [0.15, 0.2) is 42.5 Å². The number of carbonyl (C=O) groups excluding carboxylic acids is 1. The van der Waals surface area contributed by atoms with Crippen LogP contribution >= 0.6 is 11.6 Å². The largest absolute Gasteiger partial charge is 0.497 e. The first-order chi connectivity index (χ1) is 10.8. The van der Waals surface area contributed by atoms with Crippen molar-refractivity contribution in [2.75, 3.05) is 18.3 Å². The average Bonchev–Trinajstić information content (AvgIpc) is 2.53. The van der Waals surface area contributed by atoms with Crippen LogP contribution in [0.1, 0.15) is 15.9 Å². The van der Waals surface area contributed by atoms with E-state index in [1.807, 2.05) is 0 Å². The Morgan fingerprint density at radius 2 is 1.96 bits per heavy atom. The van der Waals surface area contributed by atoms with Gasteiger partial charge >= 0.3 is 6.18 Å². The molecular weight excluding hydrogens is 331 g/mol. The van der Waals surface area contributed by atoms with Crippen LogP contribution in [0.25, 0.3) is 0 Å². The summed E-state index contributed by atoms with van der Waals surface area (Å²) in [5.74, 6) is -0.113. The van der Waals surface area contributed by atoms with Crippen LogP contribution in [0.3, 0.4) is 0 Å². The third-order valence-corrected chi connectivity index (χ3v) is 3.36. The molecular formula is C16H13ClF3NO2. The molecule has 0 atom stereocenters. The van der Waals surface area contributed by atoms with E-state index in [1.54, 1.807) is 6.07 Å².